The van der Waals surface area contributed by atoms with Gasteiger partial charge >= 0.3 is 0 Å². The van der Waals surface area contributed by atoms with Crippen molar-refractivity contribution in [3.8, 4) is 17.6 Å². The molecule has 0 fully saturated rings. The number of aliphatic hydroxyl groups is 1. The van der Waals surface area contributed by atoms with Gasteiger partial charge in [0.2, 0.25) is 0 Å². The average Bonchev–Trinajstić information content (AvgIpc) is 2.43. The fourth-order valence-electron chi connectivity index (χ4n) is 1.75. The number of hydrogen-bond donors (Lipinski definition) is 1. The Hall–Kier alpha value is -1.50. The molecule has 0 spiro atoms. The Balaban J connectivity index is 2.66. The molecule has 0 amide bonds. The molecule has 116 valence electrons. The molecule has 0 aliphatic heterocycles. The summed E-state index contributed by atoms with van der Waals surface area (Å²) in [5, 5.41) is 8.75. The lowest BCUT2D eigenvalue weighted by Gasteiger charge is -2.18. The third kappa shape index (κ3) is 7.17. The summed E-state index contributed by atoms with van der Waals surface area (Å²) in [6.45, 7) is 7.95. The van der Waals surface area contributed by atoms with Crippen molar-refractivity contribution in [2.75, 3.05) is 20.3 Å². The Bertz CT molecular complexity index is 489. The Morgan fingerprint density at radius 3 is 2.62 bits per heavy atom. The van der Waals surface area contributed by atoms with Crippen LogP contribution in [0.15, 0.2) is 18.2 Å². The predicted octanol–water partition coefficient (Wildman–Crippen LogP) is 3.38. The molecular weight excluding hydrogens is 264 g/mol. The Labute approximate surface area is 128 Å². The summed E-state index contributed by atoms with van der Waals surface area (Å²) in [6.07, 6.45) is 1.51. The van der Waals surface area contributed by atoms with Crippen LogP contribution in [0.5, 0.6) is 5.75 Å². The molecule has 3 heteroatoms. The lowest BCUT2D eigenvalue weighted by molar-refractivity contribution is 0.0948. The molecule has 0 radical (unpaired) electrons. The van der Waals surface area contributed by atoms with Crippen molar-refractivity contribution in [1.82, 2.24) is 0 Å². The quantitative estimate of drug-likeness (QED) is 0.645. The summed E-state index contributed by atoms with van der Waals surface area (Å²) in [5.74, 6) is 6.77. The van der Waals surface area contributed by atoms with Crippen LogP contribution in [0.25, 0.3) is 0 Å². The van der Waals surface area contributed by atoms with Gasteiger partial charge in [-0.15, -0.1) is 0 Å². The first-order chi connectivity index (χ1) is 9.96. The highest BCUT2D eigenvalue weighted by Crippen LogP contribution is 2.22. The van der Waals surface area contributed by atoms with Gasteiger partial charge in [-0.05, 0) is 30.0 Å². The van der Waals surface area contributed by atoms with Crippen LogP contribution >= 0.6 is 0 Å². The molecule has 0 atom stereocenters. The molecule has 0 saturated carbocycles. The molecule has 1 N–H and O–H groups in total. The number of ether oxygens (including phenoxy) is 2. The summed E-state index contributed by atoms with van der Waals surface area (Å²) in [7, 11) is 1.66. The van der Waals surface area contributed by atoms with Crippen LogP contribution < -0.4 is 4.74 Å². The summed E-state index contributed by atoms with van der Waals surface area (Å²) in [6, 6.07) is 5.81. The molecule has 1 aromatic carbocycles. The SMILES string of the molecule is COc1ccc(C#CCCO)cc1COCCC(C)(C)C. The van der Waals surface area contributed by atoms with Gasteiger partial charge in [-0.25, -0.2) is 0 Å². The summed E-state index contributed by atoms with van der Waals surface area (Å²) in [4.78, 5) is 0. The van der Waals surface area contributed by atoms with E-state index in [0.29, 0.717) is 13.0 Å². The molecule has 1 aromatic rings. The van der Waals surface area contributed by atoms with Gasteiger partial charge < -0.3 is 14.6 Å². The monoisotopic (exact) mass is 290 g/mol. The van der Waals surface area contributed by atoms with Crippen LogP contribution in [-0.2, 0) is 11.3 Å². The minimum absolute atomic E-state index is 0.0892. The van der Waals surface area contributed by atoms with Crippen LogP contribution in [0, 0.1) is 17.3 Å². The fraction of sp³-hybridized carbons (Fsp3) is 0.556. The zero-order chi connectivity index (χ0) is 15.7. The van der Waals surface area contributed by atoms with Crippen molar-refractivity contribution < 1.29 is 14.6 Å². The van der Waals surface area contributed by atoms with Crippen LogP contribution in [-0.4, -0.2) is 25.4 Å². The molecular formula is C18H26O3. The summed E-state index contributed by atoms with van der Waals surface area (Å²) >= 11 is 0. The zero-order valence-corrected chi connectivity index (χ0v) is 13.5. The maximum Gasteiger partial charge on any atom is 0.124 e. The molecule has 0 aliphatic rings. The van der Waals surface area contributed by atoms with Gasteiger partial charge in [-0.3, -0.25) is 0 Å². The average molecular weight is 290 g/mol. The second kappa shape index (κ2) is 8.71. The topological polar surface area (TPSA) is 38.7 Å². The molecule has 0 saturated heterocycles. The zero-order valence-electron chi connectivity index (χ0n) is 13.5. The first-order valence-electron chi connectivity index (χ1n) is 7.30. The normalized spacial score (nSPS) is 10.9. The van der Waals surface area contributed by atoms with E-state index < -0.39 is 0 Å². The summed E-state index contributed by atoms with van der Waals surface area (Å²) < 4.78 is 11.1. The second-order valence-electron chi connectivity index (χ2n) is 6.17. The molecule has 0 aliphatic carbocycles. The molecule has 3 nitrogen and oxygen atoms in total. The third-order valence-corrected chi connectivity index (χ3v) is 3.00. The van der Waals surface area contributed by atoms with Crippen molar-refractivity contribution in [2.45, 2.75) is 40.2 Å². The van der Waals surface area contributed by atoms with Gasteiger partial charge in [-0.2, -0.15) is 0 Å². The highest BCUT2D eigenvalue weighted by molar-refractivity contribution is 5.44. The van der Waals surface area contributed by atoms with Crippen LogP contribution in [0.1, 0.15) is 44.7 Å². The number of aliphatic hydroxyl groups excluding tert-OH is 1. The summed E-state index contributed by atoms with van der Waals surface area (Å²) in [5.41, 5.74) is 2.20. The highest BCUT2D eigenvalue weighted by Gasteiger charge is 2.10. The largest absolute Gasteiger partial charge is 0.496 e. The molecule has 0 unspecified atom stereocenters. The van der Waals surface area contributed by atoms with E-state index in [1.165, 1.54) is 0 Å². The second-order valence-corrected chi connectivity index (χ2v) is 6.17. The fourth-order valence-corrected chi connectivity index (χ4v) is 1.75. The maximum absolute atomic E-state index is 8.75. The Morgan fingerprint density at radius 1 is 1.24 bits per heavy atom. The van der Waals surface area contributed by atoms with Gasteiger partial charge in [0.25, 0.3) is 0 Å². The van der Waals surface area contributed by atoms with E-state index in [-0.39, 0.29) is 12.0 Å². The molecule has 1 rings (SSSR count). The first-order valence-corrected chi connectivity index (χ1v) is 7.30. The van der Waals surface area contributed by atoms with Gasteiger partial charge in [0, 0.05) is 24.2 Å². The third-order valence-electron chi connectivity index (χ3n) is 3.00. The minimum Gasteiger partial charge on any atom is -0.496 e. The predicted molar refractivity (Wildman–Crippen MR) is 85.3 cm³/mol. The molecule has 21 heavy (non-hydrogen) atoms. The van der Waals surface area contributed by atoms with Gasteiger partial charge in [0.05, 0.1) is 20.3 Å². The molecule has 0 heterocycles. The maximum atomic E-state index is 8.75. The lowest BCUT2D eigenvalue weighted by Crippen LogP contribution is -2.09. The number of benzene rings is 1. The van der Waals surface area contributed by atoms with E-state index in [1.807, 2.05) is 18.2 Å². The van der Waals surface area contributed by atoms with Gasteiger partial charge in [-0.1, -0.05) is 32.6 Å². The number of hydrogen-bond acceptors (Lipinski definition) is 3. The van der Waals surface area contributed by atoms with Crippen molar-refractivity contribution in [3.63, 3.8) is 0 Å². The van der Waals surface area contributed by atoms with Crippen LogP contribution in [0.3, 0.4) is 0 Å². The van der Waals surface area contributed by atoms with E-state index in [2.05, 4.69) is 32.6 Å². The van der Waals surface area contributed by atoms with Crippen LogP contribution in [0.4, 0.5) is 0 Å². The number of methoxy groups -OCH3 is 1. The molecule has 0 aromatic heterocycles. The van der Waals surface area contributed by atoms with Crippen molar-refractivity contribution >= 4 is 0 Å². The standard InChI is InChI=1S/C18H26O3/c1-18(2,3)10-12-21-14-16-13-15(7-5-6-11-19)8-9-17(16)20-4/h8-9,13,19H,6,10-12,14H2,1-4H3. The van der Waals surface area contributed by atoms with E-state index in [9.17, 15) is 0 Å². The lowest BCUT2D eigenvalue weighted by atomic mass is 9.93. The Kier molecular flexibility index (Phi) is 7.28. The Morgan fingerprint density at radius 2 is 2.00 bits per heavy atom. The molecule has 0 bridgehead atoms. The first kappa shape index (κ1) is 17.6. The smallest absolute Gasteiger partial charge is 0.124 e. The minimum atomic E-state index is 0.0892. The van der Waals surface area contributed by atoms with E-state index in [1.54, 1.807) is 7.11 Å². The van der Waals surface area contributed by atoms with E-state index in [0.717, 1.165) is 29.9 Å². The number of rotatable bonds is 6. The van der Waals surface area contributed by atoms with Crippen molar-refractivity contribution in [3.05, 3.63) is 29.3 Å². The van der Waals surface area contributed by atoms with Crippen molar-refractivity contribution in [2.24, 2.45) is 5.41 Å². The van der Waals surface area contributed by atoms with Gasteiger partial charge in [0.1, 0.15) is 5.75 Å². The highest BCUT2D eigenvalue weighted by atomic mass is 16.5. The van der Waals surface area contributed by atoms with Gasteiger partial charge in [0.15, 0.2) is 0 Å². The van der Waals surface area contributed by atoms with E-state index >= 15 is 0 Å². The van der Waals surface area contributed by atoms with Crippen LogP contribution in [0.2, 0.25) is 0 Å². The van der Waals surface area contributed by atoms with E-state index in [4.69, 9.17) is 14.6 Å². The van der Waals surface area contributed by atoms with Crippen molar-refractivity contribution in [1.29, 1.82) is 0 Å².